The van der Waals surface area contributed by atoms with Gasteiger partial charge in [0, 0.05) is 32.2 Å². The summed E-state index contributed by atoms with van der Waals surface area (Å²) in [5.41, 5.74) is 5.74. The predicted molar refractivity (Wildman–Crippen MR) is 77.8 cm³/mol. The van der Waals surface area contributed by atoms with E-state index in [0.29, 0.717) is 5.92 Å². The fourth-order valence-electron chi connectivity index (χ4n) is 2.72. The van der Waals surface area contributed by atoms with Crippen molar-refractivity contribution in [3.63, 3.8) is 0 Å². The second kappa shape index (κ2) is 7.85. The number of carbonyl (C=O) groups is 1. The third-order valence-electron chi connectivity index (χ3n) is 4.22. The molecular weight excluding hydrogens is 240 g/mol. The smallest absolute Gasteiger partial charge is 0.225 e. The van der Waals surface area contributed by atoms with E-state index in [1.807, 2.05) is 18.7 Å². The van der Waals surface area contributed by atoms with Gasteiger partial charge in [0.05, 0.1) is 6.10 Å². The van der Waals surface area contributed by atoms with Crippen LogP contribution in [-0.2, 0) is 9.53 Å². The quantitative estimate of drug-likeness (QED) is 0.803. The van der Waals surface area contributed by atoms with Crippen LogP contribution >= 0.6 is 0 Å². The standard InChI is InChI=1S/C15H30N2O2/c1-11-8-9-17(10-14(11)19-4)15(18)12(2)6-5-7-13(3)16/h11-14H,5-10,16H2,1-4H3. The highest BCUT2D eigenvalue weighted by atomic mass is 16.5. The van der Waals surface area contributed by atoms with Crippen molar-refractivity contribution in [2.45, 2.75) is 58.6 Å². The topological polar surface area (TPSA) is 55.6 Å². The number of ether oxygens (including phenoxy) is 1. The summed E-state index contributed by atoms with van der Waals surface area (Å²) >= 11 is 0. The molecule has 0 radical (unpaired) electrons. The summed E-state index contributed by atoms with van der Waals surface area (Å²) < 4.78 is 5.47. The number of methoxy groups -OCH3 is 1. The first kappa shape index (κ1) is 16.4. The van der Waals surface area contributed by atoms with E-state index in [1.54, 1.807) is 7.11 Å². The molecule has 1 rings (SSSR count). The first-order valence-corrected chi connectivity index (χ1v) is 7.52. The molecule has 4 unspecified atom stereocenters. The summed E-state index contributed by atoms with van der Waals surface area (Å²) in [5.74, 6) is 0.922. The maximum absolute atomic E-state index is 12.4. The van der Waals surface area contributed by atoms with E-state index in [9.17, 15) is 4.79 Å². The average Bonchev–Trinajstić information content (AvgIpc) is 2.38. The molecule has 0 aliphatic carbocycles. The van der Waals surface area contributed by atoms with Gasteiger partial charge in [0.1, 0.15) is 0 Å². The molecule has 0 spiro atoms. The molecule has 1 heterocycles. The van der Waals surface area contributed by atoms with E-state index >= 15 is 0 Å². The summed E-state index contributed by atoms with van der Waals surface area (Å²) in [6, 6.07) is 0.232. The monoisotopic (exact) mass is 270 g/mol. The number of nitrogens with two attached hydrogens (primary N) is 1. The summed E-state index contributed by atoms with van der Waals surface area (Å²) in [7, 11) is 1.74. The highest BCUT2D eigenvalue weighted by molar-refractivity contribution is 5.78. The maximum atomic E-state index is 12.4. The molecule has 1 amide bonds. The van der Waals surface area contributed by atoms with Crippen LogP contribution in [0.25, 0.3) is 0 Å². The molecule has 0 aromatic heterocycles. The van der Waals surface area contributed by atoms with Crippen molar-refractivity contribution in [3.05, 3.63) is 0 Å². The van der Waals surface area contributed by atoms with E-state index in [2.05, 4.69) is 6.92 Å². The second-order valence-corrected chi connectivity index (χ2v) is 6.13. The first-order valence-electron chi connectivity index (χ1n) is 7.52. The normalized spacial score (nSPS) is 27.1. The minimum absolute atomic E-state index is 0.102. The number of rotatable bonds is 6. The highest BCUT2D eigenvalue weighted by Crippen LogP contribution is 2.22. The molecule has 2 N–H and O–H groups in total. The SMILES string of the molecule is COC1CN(C(=O)C(C)CCCC(C)N)CCC1C. The fourth-order valence-corrected chi connectivity index (χ4v) is 2.72. The molecule has 4 atom stereocenters. The number of nitrogens with zero attached hydrogens (tertiary/aromatic N) is 1. The third kappa shape index (κ3) is 5.11. The van der Waals surface area contributed by atoms with Crippen molar-refractivity contribution < 1.29 is 9.53 Å². The van der Waals surface area contributed by atoms with Gasteiger partial charge in [-0.1, -0.05) is 20.3 Å². The van der Waals surface area contributed by atoms with Gasteiger partial charge in [-0.15, -0.1) is 0 Å². The van der Waals surface area contributed by atoms with Gasteiger partial charge in [-0.25, -0.2) is 0 Å². The summed E-state index contributed by atoms with van der Waals surface area (Å²) in [6.07, 6.45) is 4.19. The Hall–Kier alpha value is -0.610. The van der Waals surface area contributed by atoms with Crippen molar-refractivity contribution in [3.8, 4) is 0 Å². The molecule has 112 valence electrons. The van der Waals surface area contributed by atoms with Crippen molar-refractivity contribution >= 4 is 5.91 Å². The van der Waals surface area contributed by atoms with Crippen molar-refractivity contribution in [2.75, 3.05) is 20.2 Å². The van der Waals surface area contributed by atoms with Gasteiger partial charge in [-0.2, -0.15) is 0 Å². The van der Waals surface area contributed by atoms with E-state index in [1.165, 1.54) is 0 Å². The van der Waals surface area contributed by atoms with Crippen LogP contribution in [0.1, 0.15) is 46.5 Å². The lowest BCUT2D eigenvalue weighted by molar-refractivity contribution is -0.140. The van der Waals surface area contributed by atoms with Crippen LogP contribution in [0.2, 0.25) is 0 Å². The third-order valence-corrected chi connectivity index (χ3v) is 4.22. The fraction of sp³-hybridized carbons (Fsp3) is 0.933. The van der Waals surface area contributed by atoms with Gasteiger partial charge in [-0.05, 0) is 32.1 Å². The van der Waals surface area contributed by atoms with Gasteiger partial charge in [0.2, 0.25) is 5.91 Å². The maximum Gasteiger partial charge on any atom is 0.225 e. The number of hydrogen-bond acceptors (Lipinski definition) is 3. The Morgan fingerprint density at radius 2 is 2.11 bits per heavy atom. The van der Waals surface area contributed by atoms with Gasteiger partial charge in [-0.3, -0.25) is 4.79 Å². The van der Waals surface area contributed by atoms with E-state index < -0.39 is 0 Å². The molecule has 4 nitrogen and oxygen atoms in total. The van der Waals surface area contributed by atoms with Gasteiger partial charge in [0.25, 0.3) is 0 Å². The van der Waals surface area contributed by atoms with Gasteiger partial charge < -0.3 is 15.4 Å². The lowest BCUT2D eigenvalue weighted by Gasteiger charge is -2.37. The van der Waals surface area contributed by atoms with Crippen LogP contribution < -0.4 is 5.73 Å². The number of carbonyl (C=O) groups excluding carboxylic acids is 1. The summed E-state index contributed by atoms with van der Waals surface area (Å²) in [4.78, 5) is 14.4. The van der Waals surface area contributed by atoms with E-state index in [4.69, 9.17) is 10.5 Å². The number of likely N-dealkylation sites (tertiary alicyclic amines) is 1. The van der Waals surface area contributed by atoms with Crippen molar-refractivity contribution in [1.29, 1.82) is 0 Å². The molecule has 0 aromatic carbocycles. The number of piperidine rings is 1. The minimum Gasteiger partial charge on any atom is -0.379 e. The van der Waals surface area contributed by atoms with Crippen LogP contribution in [0, 0.1) is 11.8 Å². The number of hydrogen-bond donors (Lipinski definition) is 1. The van der Waals surface area contributed by atoms with Crippen LogP contribution in [-0.4, -0.2) is 43.2 Å². The molecule has 4 heteroatoms. The second-order valence-electron chi connectivity index (χ2n) is 6.13. The Labute approximate surface area is 117 Å². The van der Waals surface area contributed by atoms with Crippen LogP contribution in [0.5, 0.6) is 0 Å². The minimum atomic E-state index is 0.102. The molecule has 1 aliphatic rings. The Morgan fingerprint density at radius 3 is 2.68 bits per heavy atom. The Balaban J connectivity index is 2.39. The largest absolute Gasteiger partial charge is 0.379 e. The Kier molecular flexibility index (Phi) is 6.80. The van der Waals surface area contributed by atoms with Gasteiger partial charge >= 0.3 is 0 Å². The average molecular weight is 270 g/mol. The lowest BCUT2D eigenvalue weighted by Crippen LogP contribution is -2.48. The van der Waals surface area contributed by atoms with E-state index in [-0.39, 0.29) is 24.0 Å². The van der Waals surface area contributed by atoms with Crippen molar-refractivity contribution in [2.24, 2.45) is 17.6 Å². The number of amides is 1. The summed E-state index contributed by atoms with van der Waals surface area (Å²) in [6.45, 7) is 7.86. The van der Waals surface area contributed by atoms with Crippen molar-refractivity contribution in [1.82, 2.24) is 4.90 Å². The predicted octanol–water partition coefficient (Wildman–Crippen LogP) is 2.02. The molecule has 0 bridgehead atoms. The molecule has 0 saturated carbocycles. The Morgan fingerprint density at radius 1 is 1.42 bits per heavy atom. The van der Waals surface area contributed by atoms with Crippen LogP contribution in [0.4, 0.5) is 0 Å². The molecular formula is C15H30N2O2. The molecule has 1 aliphatic heterocycles. The highest BCUT2D eigenvalue weighted by Gasteiger charge is 2.30. The van der Waals surface area contributed by atoms with Crippen LogP contribution in [0.3, 0.4) is 0 Å². The Bertz CT molecular complexity index is 281. The van der Waals surface area contributed by atoms with Gasteiger partial charge in [0.15, 0.2) is 0 Å². The molecule has 19 heavy (non-hydrogen) atoms. The molecule has 1 fully saturated rings. The zero-order chi connectivity index (χ0) is 14.4. The molecule has 1 saturated heterocycles. The zero-order valence-electron chi connectivity index (χ0n) is 12.9. The molecule has 0 aromatic rings. The zero-order valence-corrected chi connectivity index (χ0v) is 12.9. The lowest BCUT2D eigenvalue weighted by atomic mass is 9.93. The van der Waals surface area contributed by atoms with Crippen LogP contribution in [0.15, 0.2) is 0 Å². The first-order chi connectivity index (χ1) is 8.95. The van der Waals surface area contributed by atoms with E-state index in [0.717, 1.165) is 38.8 Å². The summed E-state index contributed by atoms with van der Waals surface area (Å²) in [5, 5.41) is 0.